The van der Waals surface area contributed by atoms with E-state index < -0.39 is 0 Å². The summed E-state index contributed by atoms with van der Waals surface area (Å²) in [6, 6.07) is 5.54. The van der Waals surface area contributed by atoms with Gasteiger partial charge in [-0.15, -0.1) is 0 Å². The van der Waals surface area contributed by atoms with Gasteiger partial charge in [0.25, 0.3) is 0 Å². The highest BCUT2D eigenvalue weighted by Gasteiger charge is 2.08. The zero-order chi connectivity index (χ0) is 15.7. The number of ether oxygens (including phenoxy) is 2. The number of hydrogen-bond acceptors (Lipinski definition) is 3. The highest BCUT2D eigenvalue weighted by Crippen LogP contribution is 2.25. The van der Waals surface area contributed by atoms with Gasteiger partial charge in [0.1, 0.15) is 11.5 Å². The lowest BCUT2D eigenvalue weighted by atomic mass is 10.1. The zero-order valence-electron chi connectivity index (χ0n) is 13.4. The van der Waals surface area contributed by atoms with E-state index in [2.05, 4.69) is 13.8 Å². The van der Waals surface area contributed by atoms with Crippen molar-refractivity contribution in [1.82, 2.24) is 4.90 Å². The van der Waals surface area contributed by atoms with Crippen LogP contribution < -0.4 is 9.47 Å². The van der Waals surface area contributed by atoms with Crippen molar-refractivity contribution in [2.24, 2.45) is 0 Å². The monoisotopic (exact) mass is 291 g/mol. The first-order valence-electron chi connectivity index (χ1n) is 7.35. The van der Waals surface area contributed by atoms with E-state index in [-0.39, 0.29) is 5.91 Å². The van der Waals surface area contributed by atoms with Crippen LogP contribution in [0.4, 0.5) is 0 Å². The highest BCUT2D eigenvalue weighted by molar-refractivity contribution is 5.92. The van der Waals surface area contributed by atoms with Gasteiger partial charge in [0.15, 0.2) is 0 Å². The van der Waals surface area contributed by atoms with E-state index in [1.54, 1.807) is 32.4 Å². The molecule has 0 aliphatic heterocycles. The molecule has 0 aliphatic rings. The molecular weight excluding hydrogens is 266 g/mol. The third kappa shape index (κ3) is 5.14. The molecule has 0 unspecified atom stereocenters. The molecule has 1 aromatic carbocycles. The Morgan fingerprint density at radius 1 is 1.14 bits per heavy atom. The SMILES string of the molecule is CCCN(CCC)C(=O)C=Cc1ccc(OC)cc1OC. The van der Waals surface area contributed by atoms with Crippen LogP contribution in [0, 0.1) is 0 Å². The first-order chi connectivity index (χ1) is 10.2. The molecule has 0 aromatic heterocycles. The van der Waals surface area contributed by atoms with Crippen LogP contribution >= 0.6 is 0 Å². The molecule has 0 spiro atoms. The molecule has 1 rings (SSSR count). The Balaban J connectivity index is 2.85. The molecule has 0 N–H and O–H groups in total. The second-order valence-corrected chi connectivity index (χ2v) is 4.77. The number of carbonyl (C=O) groups excluding carboxylic acids is 1. The molecule has 0 radical (unpaired) electrons. The van der Waals surface area contributed by atoms with Gasteiger partial charge in [0.2, 0.25) is 5.91 Å². The molecule has 0 saturated carbocycles. The maximum Gasteiger partial charge on any atom is 0.246 e. The molecule has 4 nitrogen and oxygen atoms in total. The van der Waals surface area contributed by atoms with Crippen molar-refractivity contribution in [3.63, 3.8) is 0 Å². The van der Waals surface area contributed by atoms with Crippen molar-refractivity contribution in [1.29, 1.82) is 0 Å². The summed E-state index contributed by atoms with van der Waals surface area (Å²) in [5.41, 5.74) is 0.861. The van der Waals surface area contributed by atoms with Crippen LogP contribution in [-0.4, -0.2) is 38.1 Å². The number of benzene rings is 1. The normalized spacial score (nSPS) is 10.7. The summed E-state index contributed by atoms with van der Waals surface area (Å²) in [5.74, 6) is 1.46. The van der Waals surface area contributed by atoms with Crippen molar-refractivity contribution in [3.8, 4) is 11.5 Å². The van der Waals surface area contributed by atoms with Gasteiger partial charge in [0.05, 0.1) is 14.2 Å². The third-order valence-corrected chi connectivity index (χ3v) is 3.14. The van der Waals surface area contributed by atoms with Crippen molar-refractivity contribution in [2.45, 2.75) is 26.7 Å². The molecule has 21 heavy (non-hydrogen) atoms. The van der Waals surface area contributed by atoms with E-state index in [4.69, 9.17) is 9.47 Å². The second kappa shape index (κ2) is 9.06. The largest absolute Gasteiger partial charge is 0.497 e. The minimum Gasteiger partial charge on any atom is -0.497 e. The molecule has 0 atom stereocenters. The van der Waals surface area contributed by atoms with Gasteiger partial charge in [-0.05, 0) is 31.1 Å². The zero-order valence-corrected chi connectivity index (χ0v) is 13.4. The van der Waals surface area contributed by atoms with Crippen molar-refractivity contribution in [3.05, 3.63) is 29.8 Å². The number of nitrogens with zero attached hydrogens (tertiary/aromatic N) is 1. The first-order valence-corrected chi connectivity index (χ1v) is 7.35. The fourth-order valence-corrected chi connectivity index (χ4v) is 2.09. The Bertz CT molecular complexity index is 477. The molecule has 0 fully saturated rings. The topological polar surface area (TPSA) is 38.8 Å². The highest BCUT2D eigenvalue weighted by atomic mass is 16.5. The molecule has 1 amide bonds. The molecule has 0 heterocycles. The predicted molar refractivity (Wildman–Crippen MR) is 85.7 cm³/mol. The lowest BCUT2D eigenvalue weighted by Crippen LogP contribution is -2.30. The number of amides is 1. The number of methoxy groups -OCH3 is 2. The van der Waals surface area contributed by atoms with Crippen molar-refractivity contribution < 1.29 is 14.3 Å². The lowest BCUT2D eigenvalue weighted by Gasteiger charge is -2.19. The quantitative estimate of drug-likeness (QED) is 0.689. The lowest BCUT2D eigenvalue weighted by molar-refractivity contribution is -0.126. The summed E-state index contributed by atoms with van der Waals surface area (Å²) >= 11 is 0. The van der Waals surface area contributed by atoms with Crippen molar-refractivity contribution in [2.75, 3.05) is 27.3 Å². The van der Waals surface area contributed by atoms with Crippen molar-refractivity contribution >= 4 is 12.0 Å². The van der Waals surface area contributed by atoms with E-state index >= 15 is 0 Å². The summed E-state index contributed by atoms with van der Waals surface area (Å²) < 4.78 is 10.5. The number of hydrogen-bond donors (Lipinski definition) is 0. The molecule has 4 heteroatoms. The molecule has 0 bridgehead atoms. The average molecular weight is 291 g/mol. The van der Waals surface area contributed by atoms with Crippen LogP contribution in [-0.2, 0) is 4.79 Å². The van der Waals surface area contributed by atoms with E-state index in [0.717, 1.165) is 37.2 Å². The minimum atomic E-state index is 0.0385. The van der Waals surface area contributed by atoms with Gasteiger partial charge in [-0.25, -0.2) is 0 Å². The fourth-order valence-electron chi connectivity index (χ4n) is 2.09. The van der Waals surface area contributed by atoms with Crippen LogP contribution in [0.25, 0.3) is 6.08 Å². The Labute approximate surface area is 127 Å². The van der Waals surface area contributed by atoms with Gasteiger partial charge in [-0.3, -0.25) is 4.79 Å². The van der Waals surface area contributed by atoms with Crippen LogP contribution in [0.2, 0.25) is 0 Å². The van der Waals surface area contributed by atoms with Gasteiger partial charge in [-0.2, -0.15) is 0 Å². The van der Waals surface area contributed by atoms with Crippen LogP contribution in [0.15, 0.2) is 24.3 Å². The molecule has 0 saturated heterocycles. The summed E-state index contributed by atoms with van der Waals surface area (Å²) in [4.78, 5) is 14.1. The summed E-state index contributed by atoms with van der Waals surface area (Å²) in [6.07, 6.45) is 5.32. The van der Waals surface area contributed by atoms with Gasteiger partial charge >= 0.3 is 0 Å². The van der Waals surface area contributed by atoms with Gasteiger partial charge in [-0.1, -0.05) is 13.8 Å². The van der Waals surface area contributed by atoms with Gasteiger partial charge in [0, 0.05) is 30.8 Å². The Kier molecular flexibility index (Phi) is 7.37. The molecular formula is C17H25NO3. The van der Waals surface area contributed by atoms with E-state index in [1.165, 1.54) is 0 Å². The maximum atomic E-state index is 12.2. The number of carbonyl (C=O) groups is 1. The Hall–Kier alpha value is -1.97. The first kappa shape index (κ1) is 17.1. The van der Waals surface area contributed by atoms with Crippen LogP contribution in [0.3, 0.4) is 0 Å². The molecule has 116 valence electrons. The second-order valence-electron chi connectivity index (χ2n) is 4.77. The molecule has 0 aliphatic carbocycles. The standard InChI is InChI=1S/C17H25NO3/c1-5-11-18(12-6-2)17(19)10-8-14-7-9-15(20-3)13-16(14)21-4/h7-10,13H,5-6,11-12H2,1-4H3. The summed E-state index contributed by atoms with van der Waals surface area (Å²) in [7, 11) is 3.22. The van der Waals surface area contributed by atoms with E-state index in [0.29, 0.717) is 5.75 Å². The maximum absolute atomic E-state index is 12.2. The predicted octanol–water partition coefficient (Wildman–Crippen LogP) is 3.37. The van der Waals surface area contributed by atoms with Crippen LogP contribution in [0.5, 0.6) is 11.5 Å². The Morgan fingerprint density at radius 3 is 2.33 bits per heavy atom. The minimum absolute atomic E-state index is 0.0385. The molecule has 1 aromatic rings. The van der Waals surface area contributed by atoms with E-state index in [1.807, 2.05) is 17.0 Å². The summed E-state index contributed by atoms with van der Waals surface area (Å²) in [5, 5.41) is 0. The van der Waals surface area contributed by atoms with E-state index in [9.17, 15) is 4.79 Å². The Morgan fingerprint density at radius 2 is 1.81 bits per heavy atom. The third-order valence-electron chi connectivity index (χ3n) is 3.14. The van der Waals surface area contributed by atoms with Crippen LogP contribution in [0.1, 0.15) is 32.3 Å². The smallest absolute Gasteiger partial charge is 0.246 e. The average Bonchev–Trinajstić information content (AvgIpc) is 2.52. The fraction of sp³-hybridized carbons (Fsp3) is 0.471. The van der Waals surface area contributed by atoms with Gasteiger partial charge < -0.3 is 14.4 Å². The summed E-state index contributed by atoms with van der Waals surface area (Å²) in [6.45, 7) is 5.73. The number of rotatable bonds is 8.